The Hall–Kier alpha value is -1.55. The van der Waals surface area contributed by atoms with Crippen LogP contribution in [-0.4, -0.2) is 18.6 Å². The standard InChI is InChI=1S/C16H26N2O2/c1-5-15(17)13-6-8-14(9-7-13)20-12(4)16(19)18-10-11(2)3/h6-9,11-12,15H,5,10,17H2,1-4H3,(H,18,19)/t12?,15-/m1/s1. The van der Waals surface area contributed by atoms with Crippen LogP contribution in [0.3, 0.4) is 0 Å². The lowest BCUT2D eigenvalue weighted by molar-refractivity contribution is -0.127. The van der Waals surface area contributed by atoms with Gasteiger partial charge in [0.15, 0.2) is 6.10 Å². The smallest absolute Gasteiger partial charge is 0.260 e. The first kappa shape index (κ1) is 16.5. The van der Waals surface area contributed by atoms with Crippen LogP contribution < -0.4 is 15.8 Å². The maximum atomic E-state index is 11.8. The minimum Gasteiger partial charge on any atom is -0.481 e. The lowest BCUT2D eigenvalue weighted by Crippen LogP contribution is -2.38. The summed E-state index contributed by atoms with van der Waals surface area (Å²) in [4.78, 5) is 11.8. The second kappa shape index (κ2) is 7.90. The van der Waals surface area contributed by atoms with Crippen LogP contribution in [0, 0.1) is 5.92 Å². The average molecular weight is 278 g/mol. The van der Waals surface area contributed by atoms with Gasteiger partial charge in [-0.15, -0.1) is 0 Å². The molecule has 0 spiro atoms. The van der Waals surface area contributed by atoms with Crippen molar-refractivity contribution < 1.29 is 9.53 Å². The lowest BCUT2D eigenvalue weighted by atomic mass is 10.1. The van der Waals surface area contributed by atoms with Gasteiger partial charge in [0.1, 0.15) is 5.75 Å². The number of nitrogens with one attached hydrogen (secondary N) is 1. The first-order valence-electron chi connectivity index (χ1n) is 7.24. The Labute approximate surface area is 121 Å². The van der Waals surface area contributed by atoms with Gasteiger partial charge in [-0.3, -0.25) is 4.79 Å². The predicted molar refractivity (Wildman–Crippen MR) is 81.6 cm³/mol. The van der Waals surface area contributed by atoms with E-state index in [4.69, 9.17) is 10.5 Å². The van der Waals surface area contributed by atoms with Crippen molar-refractivity contribution in [1.82, 2.24) is 5.32 Å². The third-order valence-corrected chi connectivity index (χ3v) is 3.11. The van der Waals surface area contributed by atoms with Crippen LogP contribution >= 0.6 is 0 Å². The van der Waals surface area contributed by atoms with Crippen LogP contribution in [0.15, 0.2) is 24.3 Å². The van der Waals surface area contributed by atoms with Gasteiger partial charge in [0.2, 0.25) is 0 Å². The van der Waals surface area contributed by atoms with Crippen LogP contribution in [0.4, 0.5) is 0 Å². The second-order valence-electron chi connectivity index (χ2n) is 5.48. The summed E-state index contributed by atoms with van der Waals surface area (Å²) in [5, 5.41) is 2.86. The van der Waals surface area contributed by atoms with E-state index in [0.29, 0.717) is 18.2 Å². The largest absolute Gasteiger partial charge is 0.481 e. The molecule has 1 rings (SSSR count). The summed E-state index contributed by atoms with van der Waals surface area (Å²) < 4.78 is 5.62. The Kier molecular flexibility index (Phi) is 6.52. The average Bonchev–Trinajstić information content (AvgIpc) is 2.44. The van der Waals surface area contributed by atoms with Gasteiger partial charge in [0, 0.05) is 12.6 Å². The van der Waals surface area contributed by atoms with Gasteiger partial charge in [0.25, 0.3) is 5.91 Å². The number of amides is 1. The quantitative estimate of drug-likeness (QED) is 0.806. The van der Waals surface area contributed by atoms with Crippen LogP contribution in [-0.2, 0) is 4.79 Å². The monoisotopic (exact) mass is 278 g/mol. The highest BCUT2D eigenvalue weighted by molar-refractivity contribution is 5.80. The first-order chi connectivity index (χ1) is 9.43. The van der Waals surface area contributed by atoms with E-state index < -0.39 is 6.10 Å². The summed E-state index contributed by atoms with van der Waals surface area (Å²) >= 11 is 0. The van der Waals surface area contributed by atoms with Crippen molar-refractivity contribution in [2.24, 2.45) is 11.7 Å². The van der Waals surface area contributed by atoms with Gasteiger partial charge in [-0.05, 0) is 37.0 Å². The molecule has 0 aliphatic carbocycles. The van der Waals surface area contributed by atoms with Gasteiger partial charge in [-0.1, -0.05) is 32.9 Å². The highest BCUT2D eigenvalue weighted by atomic mass is 16.5. The van der Waals surface area contributed by atoms with Crippen LogP contribution in [0.1, 0.15) is 45.7 Å². The van der Waals surface area contributed by atoms with E-state index in [9.17, 15) is 4.79 Å². The third kappa shape index (κ3) is 5.21. The fourth-order valence-corrected chi connectivity index (χ4v) is 1.74. The minimum absolute atomic E-state index is 0.0517. The van der Waals surface area contributed by atoms with E-state index >= 15 is 0 Å². The molecular weight excluding hydrogens is 252 g/mol. The first-order valence-corrected chi connectivity index (χ1v) is 7.24. The van der Waals surface area contributed by atoms with Crippen LogP contribution in [0.5, 0.6) is 5.75 Å². The number of hydrogen-bond donors (Lipinski definition) is 2. The topological polar surface area (TPSA) is 64.3 Å². The highest BCUT2D eigenvalue weighted by Gasteiger charge is 2.14. The SMILES string of the molecule is CC[C@@H](N)c1ccc(OC(C)C(=O)NCC(C)C)cc1. The van der Waals surface area contributed by atoms with Crippen molar-refractivity contribution in [2.75, 3.05) is 6.54 Å². The molecule has 0 fully saturated rings. The molecule has 0 aromatic heterocycles. The Morgan fingerprint density at radius 1 is 1.25 bits per heavy atom. The fraction of sp³-hybridized carbons (Fsp3) is 0.562. The van der Waals surface area contributed by atoms with Crippen molar-refractivity contribution in [3.05, 3.63) is 29.8 Å². The molecule has 20 heavy (non-hydrogen) atoms. The highest BCUT2D eigenvalue weighted by Crippen LogP contribution is 2.19. The van der Waals surface area contributed by atoms with Crippen molar-refractivity contribution >= 4 is 5.91 Å². The zero-order chi connectivity index (χ0) is 15.1. The molecule has 1 aromatic rings. The maximum Gasteiger partial charge on any atom is 0.260 e. The van der Waals surface area contributed by atoms with Gasteiger partial charge >= 0.3 is 0 Å². The molecule has 3 N–H and O–H groups in total. The number of benzene rings is 1. The molecule has 1 aromatic carbocycles. The predicted octanol–water partition coefficient (Wildman–Crippen LogP) is 2.64. The van der Waals surface area contributed by atoms with Crippen LogP contribution in [0.2, 0.25) is 0 Å². The molecule has 112 valence electrons. The Morgan fingerprint density at radius 2 is 1.85 bits per heavy atom. The van der Waals surface area contributed by atoms with Gasteiger partial charge in [-0.2, -0.15) is 0 Å². The van der Waals surface area contributed by atoms with Gasteiger partial charge < -0.3 is 15.8 Å². The second-order valence-corrected chi connectivity index (χ2v) is 5.48. The maximum absolute atomic E-state index is 11.8. The minimum atomic E-state index is -0.501. The summed E-state index contributed by atoms with van der Waals surface area (Å²) in [7, 11) is 0. The normalized spacial score (nSPS) is 13.9. The number of hydrogen-bond acceptors (Lipinski definition) is 3. The molecule has 4 nitrogen and oxygen atoms in total. The third-order valence-electron chi connectivity index (χ3n) is 3.11. The summed E-state index contributed by atoms with van der Waals surface area (Å²) in [5.74, 6) is 1.03. The molecular formula is C16H26N2O2. The van der Waals surface area contributed by atoms with E-state index in [-0.39, 0.29) is 11.9 Å². The van der Waals surface area contributed by atoms with Crippen molar-refractivity contribution in [3.8, 4) is 5.75 Å². The molecule has 2 atom stereocenters. The molecule has 0 heterocycles. The molecule has 1 amide bonds. The number of rotatable bonds is 7. The van der Waals surface area contributed by atoms with E-state index in [1.807, 2.05) is 24.3 Å². The molecule has 0 bridgehead atoms. The van der Waals surface area contributed by atoms with E-state index in [0.717, 1.165) is 12.0 Å². The number of carbonyl (C=O) groups excluding carboxylic acids is 1. The Morgan fingerprint density at radius 3 is 2.35 bits per heavy atom. The molecule has 0 radical (unpaired) electrons. The number of ether oxygens (including phenoxy) is 1. The van der Waals surface area contributed by atoms with Gasteiger partial charge in [-0.25, -0.2) is 0 Å². The molecule has 4 heteroatoms. The zero-order valence-electron chi connectivity index (χ0n) is 12.8. The number of nitrogens with two attached hydrogens (primary N) is 1. The summed E-state index contributed by atoms with van der Waals surface area (Å²) in [6.07, 6.45) is 0.397. The van der Waals surface area contributed by atoms with Crippen molar-refractivity contribution in [2.45, 2.75) is 46.3 Å². The van der Waals surface area contributed by atoms with E-state index in [1.165, 1.54) is 0 Å². The number of carbonyl (C=O) groups is 1. The Balaban J connectivity index is 2.53. The molecule has 0 saturated heterocycles. The lowest BCUT2D eigenvalue weighted by Gasteiger charge is -2.16. The summed E-state index contributed by atoms with van der Waals surface area (Å²) in [5.41, 5.74) is 7.04. The summed E-state index contributed by atoms with van der Waals surface area (Å²) in [6.45, 7) is 8.58. The zero-order valence-corrected chi connectivity index (χ0v) is 12.8. The molecule has 0 aliphatic rings. The van der Waals surface area contributed by atoms with Crippen molar-refractivity contribution in [3.63, 3.8) is 0 Å². The van der Waals surface area contributed by atoms with Crippen LogP contribution in [0.25, 0.3) is 0 Å². The fourth-order valence-electron chi connectivity index (χ4n) is 1.74. The summed E-state index contributed by atoms with van der Waals surface area (Å²) in [6, 6.07) is 7.66. The Bertz CT molecular complexity index is 415. The van der Waals surface area contributed by atoms with E-state index in [2.05, 4.69) is 26.1 Å². The molecule has 1 unspecified atom stereocenters. The molecule has 0 aliphatic heterocycles. The van der Waals surface area contributed by atoms with E-state index in [1.54, 1.807) is 6.92 Å². The van der Waals surface area contributed by atoms with Gasteiger partial charge in [0.05, 0.1) is 0 Å². The molecule has 0 saturated carbocycles. The van der Waals surface area contributed by atoms with Crippen molar-refractivity contribution in [1.29, 1.82) is 0 Å².